The highest BCUT2D eigenvalue weighted by Gasteiger charge is 2.38. The van der Waals surface area contributed by atoms with Crippen molar-refractivity contribution in [3.05, 3.63) is 68.7 Å². The molecule has 3 rings (SSSR count). The third-order valence-corrected chi connectivity index (χ3v) is 6.43. The van der Waals surface area contributed by atoms with E-state index in [-0.39, 0.29) is 11.0 Å². The van der Waals surface area contributed by atoms with Crippen LogP contribution in [0.15, 0.2) is 53.0 Å². The number of benzene rings is 2. The summed E-state index contributed by atoms with van der Waals surface area (Å²) in [6.07, 6.45) is 5.98. The van der Waals surface area contributed by atoms with Crippen LogP contribution < -0.4 is 10.1 Å². The number of nitro groups is 1. The molecule has 0 aromatic heterocycles. The van der Waals surface area contributed by atoms with Crippen LogP contribution in [-0.4, -0.2) is 24.1 Å². The van der Waals surface area contributed by atoms with Crippen LogP contribution in [0.25, 0.3) is 0 Å². The summed E-state index contributed by atoms with van der Waals surface area (Å²) < 4.78 is 6.15. The molecule has 1 saturated carbocycles. The van der Waals surface area contributed by atoms with Crippen molar-refractivity contribution in [3.63, 3.8) is 0 Å². The van der Waals surface area contributed by atoms with Gasteiger partial charge in [-0.2, -0.15) is 0 Å². The Morgan fingerprint density at radius 1 is 1.14 bits per heavy atom. The van der Waals surface area contributed by atoms with Gasteiger partial charge in [-0.15, -0.1) is 0 Å². The average Bonchev–Trinajstić information content (AvgIpc) is 2.72. The van der Waals surface area contributed by atoms with Crippen LogP contribution in [0.2, 0.25) is 0 Å². The van der Waals surface area contributed by atoms with E-state index in [1.165, 1.54) is 6.42 Å². The zero-order valence-electron chi connectivity index (χ0n) is 16.1. The number of nitrogens with one attached hydrogen (secondary N) is 1. The molecule has 0 spiro atoms. The van der Waals surface area contributed by atoms with Gasteiger partial charge in [0.25, 0.3) is 0 Å². The normalized spacial score (nSPS) is 16.9. The second kappa shape index (κ2) is 9.92. The first-order chi connectivity index (χ1) is 13.6. The van der Waals surface area contributed by atoms with Crippen molar-refractivity contribution in [3.8, 4) is 5.75 Å². The lowest BCUT2D eigenvalue weighted by Crippen LogP contribution is -2.46. The molecule has 0 bridgehead atoms. The molecule has 1 aliphatic carbocycles. The zero-order chi connectivity index (χ0) is 19.9. The first-order valence-electron chi connectivity index (χ1n) is 9.86. The molecule has 28 heavy (non-hydrogen) atoms. The van der Waals surface area contributed by atoms with Gasteiger partial charge in [-0.3, -0.25) is 10.1 Å². The lowest BCUT2D eigenvalue weighted by atomic mass is 9.79. The fourth-order valence-corrected chi connectivity index (χ4v) is 4.57. The number of ether oxygens (including phenoxy) is 1. The summed E-state index contributed by atoms with van der Waals surface area (Å²) >= 11 is 3.54. The molecular formula is C22H27BrN2O3. The molecular weight excluding hydrogens is 420 g/mol. The van der Waals surface area contributed by atoms with Crippen molar-refractivity contribution in [1.29, 1.82) is 0 Å². The molecule has 1 fully saturated rings. The van der Waals surface area contributed by atoms with Gasteiger partial charge in [0.2, 0.25) is 6.04 Å². The van der Waals surface area contributed by atoms with Gasteiger partial charge < -0.3 is 10.1 Å². The minimum absolute atomic E-state index is 0.102. The number of hydrogen-bond donors (Lipinski definition) is 1. The molecule has 0 unspecified atom stereocenters. The molecule has 0 amide bonds. The largest absolute Gasteiger partial charge is 0.497 e. The summed E-state index contributed by atoms with van der Waals surface area (Å²) in [5.74, 6) is 1.08. The maximum absolute atomic E-state index is 12.1. The molecule has 2 aromatic rings. The number of halogens is 1. The molecule has 5 nitrogen and oxygen atoms in total. The first kappa shape index (κ1) is 20.6. The Hall–Kier alpha value is -2.08. The summed E-state index contributed by atoms with van der Waals surface area (Å²) in [4.78, 5) is 12.0. The molecule has 0 heterocycles. The van der Waals surface area contributed by atoms with Gasteiger partial charge >= 0.3 is 0 Å². The second-order valence-corrected chi connectivity index (χ2v) is 8.30. The second-order valence-electron chi connectivity index (χ2n) is 7.44. The van der Waals surface area contributed by atoms with E-state index in [9.17, 15) is 10.1 Å². The Labute approximate surface area is 174 Å². The Morgan fingerprint density at radius 2 is 1.82 bits per heavy atom. The van der Waals surface area contributed by atoms with Crippen molar-refractivity contribution in [2.45, 2.75) is 50.6 Å². The predicted molar refractivity (Wildman–Crippen MR) is 116 cm³/mol. The van der Waals surface area contributed by atoms with E-state index in [2.05, 4.69) is 21.2 Å². The average molecular weight is 447 g/mol. The summed E-state index contributed by atoms with van der Waals surface area (Å²) in [6, 6.07) is 14.5. The van der Waals surface area contributed by atoms with Gasteiger partial charge in [0.05, 0.1) is 13.2 Å². The maximum Gasteiger partial charge on any atom is 0.237 e. The standard InChI is InChI=1S/C22H27BrN2O3/c1-28-19-13-11-18(12-14-19)24-22(16-7-3-2-4-8-16)21(25(26)27)15-17-9-5-6-10-20(17)23/h5-6,9-14,16,21-22,24H,2-4,7-8,15H2,1H3/t21-,22+/m0/s1. The Kier molecular flexibility index (Phi) is 7.31. The van der Waals surface area contributed by atoms with Crippen molar-refractivity contribution >= 4 is 21.6 Å². The van der Waals surface area contributed by atoms with Gasteiger partial charge in [-0.25, -0.2) is 0 Å². The third kappa shape index (κ3) is 5.25. The van der Waals surface area contributed by atoms with E-state index in [4.69, 9.17) is 4.74 Å². The van der Waals surface area contributed by atoms with Crippen LogP contribution in [0.5, 0.6) is 5.75 Å². The summed E-state index contributed by atoms with van der Waals surface area (Å²) in [7, 11) is 1.63. The fourth-order valence-electron chi connectivity index (χ4n) is 4.12. The summed E-state index contributed by atoms with van der Waals surface area (Å²) in [5, 5.41) is 15.6. The van der Waals surface area contributed by atoms with E-state index in [0.717, 1.165) is 47.2 Å². The molecule has 0 radical (unpaired) electrons. The van der Waals surface area contributed by atoms with Crippen LogP contribution in [0.3, 0.4) is 0 Å². The number of nitrogens with zero attached hydrogens (tertiary/aromatic N) is 1. The van der Waals surface area contributed by atoms with E-state index >= 15 is 0 Å². The highest BCUT2D eigenvalue weighted by Crippen LogP contribution is 2.32. The van der Waals surface area contributed by atoms with Gasteiger partial charge in [-0.1, -0.05) is 53.4 Å². The number of rotatable bonds is 8. The highest BCUT2D eigenvalue weighted by atomic mass is 79.9. The van der Waals surface area contributed by atoms with Crippen LogP contribution >= 0.6 is 15.9 Å². The minimum Gasteiger partial charge on any atom is -0.497 e. The predicted octanol–water partition coefficient (Wildman–Crippen LogP) is 5.71. The summed E-state index contributed by atoms with van der Waals surface area (Å²) in [6.45, 7) is 0. The van der Waals surface area contributed by atoms with Gasteiger partial charge in [0.15, 0.2) is 0 Å². The third-order valence-electron chi connectivity index (χ3n) is 5.65. The van der Waals surface area contributed by atoms with Crippen LogP contribution in [0.1, 0.15) is 37.7 Å². The quantitative estimate of drug-likeness (QED) is 0.416. The smallest absolute Gasteiger partial charge is 0.237 e. The molecule has 6 heteroatoms. The lowest BCUT2D eigenvalue weighted by molar-refractivity contribution is -0.526. The SMILES string of the molecule is COc1ccc(N[C@H](C2CCCCC2)[C@H](Cc2ccccc2Br)[N+](=O)[O-])cc1. The van der Waals surface area contributed by atoms with Crippen LogP contribution in [0, 0.1) is 16.0 Å². The molecule has 1 aliphatic rings. The molecule has 2 aromatic carbocycles. The zero-order valence-corrected chi connectivity index (χ0v) is 17.7. The molecule has 0 aliphatic heterocycles. The fraction of sp³-hybridized carbons (Fsp3) is 0.455. The molecule has 150 valence electrons. The van der Waals surface area contributed by atoms with Gasteiger partial charge in [0, 0.05) is 21.5 Å². The van der Waals surface area contributed by atoms with Crippen molar-refractivity contribution < 1.29 is 9.66 Å². The van der Waals surface area contributed by atoms with Gasteiger partial charge in [0.1, 0.15) is 5.75 Å². The Balaban J connectivity index is 1.87. The van der Waals surface area contributed by atoms with Crippen molar-refractivity contribution in [1.82, 2.24) is 0 Å². The molecule has 1 N–H and O–H groups in total. The molecule has 0 saturated heterocycles. The van der Waals surface area contributed by atoms with Gasteiger partial charge in [-0.05, 0) is 54.7 Å². The Bertz CT molecular complexity index is 776. The maximum atomic E-state index is 12.1. The van der Waals surface area contributed by atoms with Crippen molar-refractivity contribution in [2.24, 2.45) is 5.92 Å². The summed E-state index contributed by atoms with van der Waals surface area (Å²) in [5.41, 5.74) is 1.87. The Morgan fingerprint density at radius 3 is 2.43 bits per heavy atom. The van der Waals surface area contributed by atoms with E-state index in [1.54, 1.807) is 7.11 Å². The first-order valence-corrected chi connectivity index (χ1v) is 10.7. The van der Waals surface area contributed by atoms with Crippen molar-refractivity contribution in [2.75, 3.05) is 12.4 Å². The number of anilines is 1. The minimum atomic E-state index is -0.691. The number of methoxy groups -OCH3 is 1. The molecule has 2 atom stereocenters. The number of hydrogen-bond acceptors (Lipinski definition) is 4. The van der Waals surface area contributed by atoms with Crippen LogP contribution in [0.4, 0.5) is 5.69 Å². The van der Waals surface area contributed by atoms with E-state index < -0.39 is 6.04 Å². The van der Waals surface area contributed by atoms with E-state index in [1.807, 2.05) is 48.5 Å². The highest BCUT2D eigenvalue weighted by molar-refractivity contribution is 9.10. The lowest BCUT2D eigenvalue weighted by Gasteiger charge is -2.33. The van der Waals surface area contributed by atoms with E-state index in [0.29, 0.717) is 12.3 Å². The topological polar surface area (TPSA) is 64.4 Å². The monoisotopic (exact) mass is 446 g/mol. The van der Waals surface area contributed by atoms with Crippen LogP contribution in [-0.2, 0) is 6.42 Å².